The first-order valence-electron chi connectivity index (χ1n) is 5.87. The molecule has 1 unspecified atom stereocenters. The predicted molar refractivity (Wildman–Crippen MR) is 71.4 cm³/mol. The number of nitrogens with one attached hydrogen (secondary N) is 1. The highest BCUT2D eigenvalue weighted by atomic mass is 16.4. The van der Waals surface area contributed by atoms with Gasteiger partial charge in [-0.1, -0.05) is 0 Å². The predicted octanol–water partition coefficient (Wildman–Crippen LogP) is 0.318. The topological polar surface area (TPSA) is 89.9 Å². The molecule has 0 aromatic heterocycles. The molecule has 1 rings (SSSR count). The number of aliphatic hydroxyl groups is 1. The van der Waals surface area contributed by atoms with E-state index in [-0.39, 0.29) is 13.0 Å². The molecular weight excluding hydrogens is 248 g/mol. The van der Waals surface area contributed by atoms with E-state index in [0.29, 0.717) is 5.56 Å². The van der Waals surface area contributed by atoms with Gasteiger partial charge < -0.3 is 20.4 Å². The highest BCUT2D eigenvalue weighted by molar-refractivity contribution is 5.96. The maximum atomic E-state index is 11.8. The number of anilines is 1. The molecule has 0 bridgehead atoms. The van der Waals surface area contributed by atoms with Crippen molar-refractivity contribution >= 4 is 17.6 Å². The summed E-state index contributed by atoms with van der Waals surface area (Å²) in [7, 11) is 3.77. The second-order valence-corrected chi connectivity index (χ2v) is 4.32. The number of hydrogen-bond acceptors (Lipinski definition) is 4. The van der Waals surface area contributed by atoms with Crippen LogP contribution in [0.25, 0.3) is 0 Å². The summed E-state index contributed by atoms with van der Waals surface area (Å²) in [6.45, 7) is -0.295. The van der Waals surface area contributed by atoms with Gasteiger partial charge in [0, 0.05) is 38.4 Å². The molecule has 1 amide bonds. The molecule has 0 aliphatic heterocycles. The Morgan fingerprint density at radius 3 is 2.26 bits per heavy atom. The van der Waals surface area contributed by atoms with Gasteiger partial charge in [-0.05, 0) is 24.3 Å². The highest BCUT2D eigenvalue weighted by Crippen LogP contribution is 2.12. The number of carbonyl (C=O) groups is 2. The van der Waals surface area contributed by atoms with Crippen LogP contribution in [0.3, 0.4) is 0 Å². The minimum Gasteiger partial charge on any atom is -0.480 e. The Bertz CT molecular complexity index is 442. The van der Waals surface area contributed by atoms with Crippen LogP contribution in [-0.4, -0.2) is 48.8 Å². The summed E-state index contributed by atoms with van der Waals surface area (Å²) >= 11 is 0. The Morgan fingerprint density at radius 2 is 1.84 bits per heavy atom. The van der Waals surface area contributed by atoms with E-state index in [0.717, 1.165) is 5.69 Å². The van der Waals surface area contributed by atoms with Gasteiger partial charge in [-0.2, -0.15) is 0 Å². The van der Waals surface area contributed by atoms with Gasteiger partial charge in [0.15, 0.2) is 0 Å². The van der Waals surface area contributed by atoms with Crippen molar-refractivity contribution in [2.45, 2.75) is 12.5 Å². The van der Waals surface area contributed by atoms with Gasteiger partial charge in [0.1, 0.15) is 6.04 Å². The molecule has 19 heavy (non-hydrogen) atoms. The van der Waals surface area contributed by atoms with E-state index in [1.165, 1.54) is 0 Å². The molecule has 0 aliphatic carbocycles. The fourth-order valence-corrected chi connectivity index (χ4v) is 1.54. The first-order valence-corrected chi connectivity index (χ1v) is 5.87. The van der Waals surface area contributed by atoms with Crippen molar-refractivity contribution in [2.75, 3.05) is 25.6 Å². The number of amides is 1. The lowest BCUT2D eigenvalue weighted by Gasteiger charge is -2.15. The van der Waals surface area contributed by atoms with Gasteiger partial charge in [-0.25, -0.2) is 4.79 Å². The van der Waals surface area contributed by atoms with Crippen molar-refractivity contribution in [3.8, 4) is 0 Å². The number of carboxylic acids is 1. The largest absolute Gasteiger partial charge is 0.480 e. The average molecular weight is 266 g/mol. The van der Waals surface area contributed by atoms with Crippen LogP contribution in [0.1, 0.15) is 16.8 Å². The Labute approximate surface area is 111 Å². The second-order valence-electron chi connectivity index (χ2n) is 4.32. The standard InChI is InChI=1S/C13H18N2O4/c1-15(2)10-5-3-9(4-6-10)12(17)14-11(7-8-16)13(18)19/h3-6,11,16H,7-8H2,1-2H3,(H,14,17)(H,18,19). The summed E-state index contributed by atoms with van der Waals surface area (Å²) in [5, 5.41) is 20.0. The van der Waals surface area contributed by atoms with E-state index in [4.69, 9.17) is 10.2 Å². The fraction of sp³-hybridized carbons (Fsp3) is 0.385. The molecule has 1 aromatic rings. The Hall–Kier alpha value is -2.08. The summed E-state index contributed by atoms with van der Waals surface area (Å²) < 4.78 is 0. The number of benzene rings is 1. The van der Waals surface area contributed by atoms with Gasteiger partial charge >= 0.3 is 5.97 Å². The third-order valence-electron chi connectivity index (χ3n) is 2.67. The van der Waals surface area contributed by atoms with Gasteiger partial charge in [0.25, 0.3) is 5.91 Å². The number of carbonyl (C=O) groups excluding carboxylic acids is 1. The fourth-order valence-electron chi connectivity index (χ4n) is 1.54. The highest BCUT2D eigenvalue weighted by Gasteiger charge is 2.19. The third kappa shape index (κ3) is 4.26. The minimum atomic E-state index is -1.16. The quantitative estimate of drug-likeness (QED) is 0.690. The molecule has 1 atom stereocenters. The van der Waals surface area contributed by atoms with Crippen LogP contribution < -0.4 is 10.2 Å². The normalized spacial score (nSPS) is 11.7. The number of aliphatic hydroxyl groups excluding tert-OH is 1. The van der Waals surface area contributed by atoms with E-state index in [1.807, 2.05) is 19.0 Å². The average Bonchev–Trinajstić information content (AvgIpc) is 2.38. The molecule has 0 aliphatic rings. The first-order chi connectivity index (χ1) is 8.95. The van der Waals surface area contributed by atoms with Gasteiger partial charge in [-0.3, -0.25) is 4.79 Å². The Morgan fingerprint density at radius 1 is 1.26 bits per heavy atom. The molecule has 0 radical (unpaired) electrons. The van der Waals surface area contributed by atoms with Crippen molar-refractivity contribution in [1.82, 2.24) is 5.32 Å². The van der Waals surface area contributed by atoms with E-state index < -0.39 is 17.9 Å². The lowest BCUT2D eigenvalue weighted by Crippen LogP contribution is -2.41. The first kappa shape index (κ1) is 15.0. The van der Waals surface area contributed by atoms with E-state index in [9.17, 15) is 9.59 Å². The Balaban J connectivity index is 2.74. The van der Waals surface area contributed by atoms with E-state index in [1.54, 1.807) is 24.3 Å². The van der Waals surface area contributed by atoms with E-state index >= 15 is 0 Å². The number of carboxylic acid groups (broad SMARTS) is 1. The molecule has 104 valence electrons. The molecular formula is C13H18N2O4. The molecule has 3 N–H and O–H groups in total. The summed E-state index contributed by atoms with van der Waals surface area (Å²) in [5.41, 5.74) is 1.33. The lowest BCUT2D eigenvalue weighted by atomic mass is 10.1. The number of aliphatic carboxylic acids is 1. The zero-order valence-electron chi connectivity index (χ0n) is 11.0. The van der Waals surface area contributed by atoms with Crippen molar-refractivity contribution in [1.29, 1.82) is 0 Å². The molecule has 0 saturated carbocycles. The SMILES string of the molecule is CN(C)c1ccc(C(=O)NC(CCO)C(=O)O)cc1. The van der Waals surface area contributed by atoms with E-state index in [2.05, 4.69) is 5.32 Å². The monoisotopic (exact) mass is 266 g/mol. The van der Waals surface area contributed by atoms with Gasteiger partial charge in [-0.15, -0.1) is 0 Å². The molecule has 0 saturated heterocycles. The summed E-state index contributed by atoms with van der Waals surface area (Å²) in [6.07, 6.45) is -0.0170. The summed E-state index contributed by atoms with van der Waals surface area (Å²) in [4.78, 5) is 24.6. The Kier molecular flexibility index (Phi) is 5.32. The molecule has 0 fully saturated rings. The summed E-state index contributed by atoms with van der Waals surface area (Å²) in [5.74, 6) is -1.63. The molecule has 0 spiro atoms. The number of nitrogens with zero attached hydrogens (tertiary/aromatic N) is 1. The maximum Gasteiger partial charge on any atom is 0.326 e. The third-order valence-corrected chi connectivity index (χ3v) is 2.67. The van der Waals surface area contributed by atoms with Gasteiger partial charge in [0.05, 0.1) is 0 Å². The molecule has 6 heteroatoms. The van der Waals surface area contributed by atoms with Crippen LogP contribution in [0.4, 0.5) is 5.69 Å². The zero-order valence-corrected chi connectivity index (χ0v) is 11.0. The maximum absolute atomic E-state index is 11.8. The van der Waals surface area contributed by atoms with Crippen LogP contribution in [0, 0.1) is 0 Å². The van der Waals surface area contributed by atoms with Crippen LogP contribution >= 0.6 is 0 Å². The second kappa shape index (κ2) is 6.75. The molecule has 1 aromatic carbocycles. The van der Waals surface area contributed by atoms with Gasteiger partial charge in [0.2, 0.25) is 0 Å². The smallest absolute Gasteiger partial charge is 0.326 e. The van der Waals surface area contributed by atoms with Crippen LogP contribution in [0.5, 0.6) is 0 Å². The van der Waals surface area contributed by atoms with Crippen LogP contribution in [0.15, 0.2) is 24.3 Å². The molecule has 6 nitrogen and oxygen atoms in total. The van der Waals surface area contributed by atoms with Crippen LogP contribution in [-0.2, 0) is 4.79 Å². The zero-order chi connectivity index (χ0) is 14.4. The van der Waals surface area contributed by atoms with Crippen molar-refractivity contribution in [3.63, 3.8) is 0 Å². The summed E-state index contributed by atoms with van der Waals surface area (Å²) in [6, 6.07) is 5.73. The minimum absolute atomic E-state index is 0.0170. The van der Waals surface area contributed by atoms with Crippen molar-refractivity contribution in [2.24, 2.45) is 0 Å². The van der Waals surface area contributed by atoms with Crippen molar-refractivity contribution < 1.29 is 19.8 Å². The number of hydrogen-bond donors (Lipinski definition) is 3. The molecule has 0 heterocycles. The lowest BCUT2D eigenvalue weighted by molar-refractivity contribution is -0.139. The van der Waals surface area contributed by atoms with Crippen LogP contribution in [0.2, 0.25) is 0 Å². The number of rotatable bonds is 6. The van der Waals surface area contributed by atoms with Crippen molar-refractivity contribution in [3.05, 3.63) is 29.8 Å².